The van der Waals surface area contributed by atoms with Crippen molar-refractivity contribution in [1.29, 1.82) is 0 Å². The minimum atomic E-state index is 0. The average Bonchev–Trinajstić information content (AvgIpc) is 2.38. The number of quaternary nitrogens is 1. The van der Waals surface area contributed by atoms with E-state index in [9.17, 15) is 0 Å². The Morgan fingerprint density at radius 3 is 1.15 bits per heavy atom. The van der Waals surface area contributed by atoms with Crippen molar-refractivity contribution in [2.75, 3.05) is 27.2 Å². The third-order valence-electron chi connectivity index (χ3n) is 4.23. The molecule has 0 rings (SSSR count). The van der Waals surface area contributed by atoms with Crippen LogP contribution in [0.15, 0.2) is 0 Å². The molecule has 0 atom stereocenters. The van der Waals surface area contributed by atoms with E-state index >= 15 is 0 Å². The summed E-state index contributed by atoms with van der Waals surface area (Å²) in [6.45, 7) is 7.34. The molecule has 2 heteroatoms. The maximum atomic E-state index is 2.41. The zero-order valence-electron chi connectivity index (χ0n) is 14.8. The van der Waals surface area contributed by atoms with Crippen LogP contribution in [-0.2, 0) is 0 Å². The van der Waals surface area contributed by atoms with E-state index in [4.69, 9.17) is 0 Å². The first kappa shape index (κ1) is 22.5. The molecule has 0 aromatic carbocycles. The molecule has 0 radical (unpaired) electrons. The van der Waals surface area contributed by atoms with E-state index in [-0.39, 0.29) is 12.4 Å². The second-order valence-electron chi connectivity index (χ2n) is 6.92. The molecule has 124 valence electrons. The second-order valence-corrected chi connectivity index (χ2v) is 6.92. The van der Waals surface area contributed by atoms with E-state index in [1.165, 1.54) is 94.6 Å². The first-order valence-electron chi connectivity index (χ1n) is 8.94. The zero-order chi connectivity index (χ0) is 14.4. The predicted octanol–water partition coefficient (Wildman–Crippen LogP) is 6.21. The number of unbranched alkanes of at least 4 members (excludes halogenated alkanes) is 10. The van der Waals surface area contributed by atoms with Crippen LogP contribution in [0.25, 0.3) is 0 Å². The van der Waals surface area contributed by atoms with E-state index in [2.05, 4.69) is 27.9 Å². The molecule has 20 heavy (non-hydrogen) atoms. The lowest BCUT2D eigenvalue weighted by Gasteiger charge is -2.30. The summed E-state index contributed by atoms with van der Waals surface area (Å²) >= 11 is 0. The summed E-state index contributed by atoms with van der Waals surface area (Å²) in [6, 6.07) is 0. The van der Waals surface area contributed by atoms with E-state index in [0.29, 0.717) is 0 Å². The van der Waals surface area contributed by atoms with Crippen LogP contribution in [0.5, 0.6) is 0 Å². The van der Waals surface area contributed by atoms with E-state index < -0.39 is 0 Å². The van der Waals surface area contributed by atoms with Gasteiger partial charge in [-0.3, -0.25) is 0 Å². The maximum absolute atomic E-state index is 2.41. The van der Waals surface area contributed by atoms with Gasteiger partial charge in [-0.15, -0.1) is 12.4 Å². The van der Waals surface area contributed by atoms with Crippen LogP contribution in [-0.4, -0.2) is 31.7 Å². The first-order valence-corrected chi connectivity index (χ1v) is 8.94. The molecular weight excluding hydrogens is 266 g/mol. The van der Waals surface area contributed by atoms with E-state index in [1.54, 1.807) is 0 Å². The van der Waals surface area contributed by atoms with Gasteiger partial charge in [0.15, 0.2) is 0 Å². The molecular formula is C18H41ClN+. The quantitative estimate of drug-likeness (QED) is 0.264. The molecule has 0 aromatic heterocycles. The van der Waals surface area contributed by atoms with Crippen LogP contribution >= 0.6 is 12.4 Å². The molecule has 1 nitrogen and oxygen atoms in total. The van der Waals surface area contributed by atoms with Crippen LogP contribution in [0.2, 0.25) is 0 Å². The maximum Gasteiger partial charge on any atom is 0.0782 e. The first-order chi connectivity index (χ1) is 9.12. The Bertz CT molecular complexity index is 162. The average molecular weight is 307 g/mol. The normalized spacial score (nSPS) is 11.4. The molecule has 0 N–H and O–H groups in total. The largest absolute Gasteiger partial charge is 0.328 e. The summed E-state index contributed by atoms with van der Waals surface area (Å²) in [5.41, 5.74) is 0. The molecule has 0 amide bonds. The lowest BCUT2D eigenvalue weighted by atomic mass is 10.1. The Labute approximate surface area is 135 Å². The van der Waals surface area contributed by atoms with Gasteiger partial charge in [-0.1, -0.05) is 65.2 Å². The topological polar surface area (TPSA) is 0 Å². The Morgan fingerprint density at radius 2 is 0.800 bits per heavy atom. The van der Waals surface area contributed by atoms with Crippen molar-refractivity contribution >= 4 is 12.4 Å². The van der Waals surface area contributed by atoms with Gasteiger partial charge in [-0.25, -0.2) is 0 Å². The second kappa shape index (κ2) is 15.6. The summed E-state index contributed by atoms with van der Waals surface area (Å²) in [4.78, 5) is 0. The third kappa shape index (κ3) is 16.3. The van der Waals surface area contributed by atoms with Crippen LogP contribution < -0.4 is 0 Å². The van der Waals surface area contributed by atoms with Gasteiger partial charge in [0.1, 0.15) is 0 Å². The summed E-state index contributed by atoms with van der Waals surface area (Å²) in [7, 11) is 4.83. The molecule has 0 spiro atoms. The molecule has 0 aliphatic heterocycles. The van der Waals surface area contributed by atoms with Gasteiger partial charge in [-0.05, 0) is 25.7 Å². The van der Waals surface area contributed by atoms with Crippen molar-refractivity contribution < 1.29 is 4.48 Å². The van der Waals surface area contributed by atoms with Crippen molar-refractivity contribution in [1.82, 2.24) is 0 Å². The Hall–Kier alpha value is 0.250. The highest BCUT2D eigenvalue weighted by Gasteiger charge is 2.13. The molecule has 0 heterocycles. The predicted molar refractivity (Wildman–Crippen MR) is 95.8 cm³/mol. The smallest absolute Gasteiger partial charge is 0.0782 e. The summed E-state index contributed by atoms with van der Waals surface area (Å²) in [5.74, 6) is 0. The highest BCUT2D eigenvalue weighted by atomic mass is 35.5. The van der Waals surface area contributed by atoms with Crippen molar-refractivity contribution in [3.8, 4) is 0 Å². The molecule has 0 aliphatic carbocycles. The fraction of sp³-hybridized carbons (Fsp3) is 1.00. The van der Waals surface area contributed by atoms with Crippen LogP contribution in [0.3, 0.4) is 0 Å². The van der Waals surface area contributed by atoms with Gasteiger partial charge in [0.2, 0.25) is 0 Å². The molecule has 0 fully saturated rings. The number of hydrogen-bond donors (Lipinski definition) is 0. The number of halogens is 1. The minimum Gasteiger partial charge on any atom is -0.328 e. The van der Waals surface area contributed by atoms with Crippen LogP contribution in [0, 0.1) is 0 Å². The Morgan fingerprint density at radius 1 is 0.500 bits per heavy atom. The standard InChI is InChI=1S/C18H40N.ClH/c1-5-7-9-11-13-15-17-19(3,4)18-16-14-12-10-8-6-2;/h5-18H2,1-4H3;1H/q+1;. The zero-order valence-corrected chi connectivity index (χ0v) is 15.6. The van der Waals surface area contributed by atoms with E-state index in [1.807, 2.05) is 0 Å². The summed E-state index contributed by atoms with van der Waals surface area (Å²) in [6.07, 6.45) is 17.1. The van der Waals surface area contributed by atoms with Gasteiger partial charge < -0.3 is 4.48 Å². The SMILES string of the molecule is CCCCCCCC[N+](C)(C)CCCCCCCC.Cl. The van der Waals surface area contributed by atoms with Crippen molar-refractivity contribution in [3.05, 3.63) is 0 Å². The highest BCUT2D eigenvalue weighted by molar-refractivity contribution is 5.85. The third-order valence-corrected chi connectivity index (χ3v) is 4.23. The fourth-order valence-corrected chi connectivity index (χ4v) is 2.75. The van der Waals surface area contributed by atoms with Crippen LogP contribution in [0.4, 0.5) is 0 Å². The minimum absolute atomic E-state index is 0. The number of rotatable bonds is 14. The molecule has 0 aliphatic rings. The highest BCUT2D eigenvalue weighted by Crippen LogP contribution is 2.11. The number of nitrogens with zero attached hydrogens (tertiary/aromatic N) is 1. The molecule has 0 aromatic rings. The van der Waals surface area contributed by atoms with Crippen molar-refractivity contribution in [2.24, 2.45) is 0 Å². The van der Waals surface area contributed by atoms with Gasteiger partial charge in [0.25, 0.3) is 0 Å². The lowest BCUT2D eigenvalue weighted by Crippen LogP contribution is -2.41. The van der Waals surface area contributed by atoms with Gasteiger partial charge in [-0.2, -0.15) is 0 Å². The summed E-state index contributed by atoms with van der Waals surface area (Å²) < 4.78 is 1.24. The molecule has 0 saturated heterocycles. The van der Waals surface area contributed by atoms with Gasteiger partial charge in [0.05, 0.1) is 27.2 Å². The fourth-order valence-electron chi connectivity index (χ4n) is 2.75. The lowest BCUT2D eigenvalue weighted by molar-refractivity contribution is -0.890. The Balaban J connectivity index is 0. The van der Waals surface area contributed by atoms with Crippen molar-refractivity contribution in [2.45, 2.75) is 90.9 Å². The number of hydrogen-bond acceptors (Lipinski definition) is 0. The van der Waals surface area contributed by atoms with Gasteiger partial charge >= 0.3 is 0 Å². The monoisotopic (exact) mass is 306 g/mol. The van der Waals surface area contributed by atoms with E-state index in [0.717, 1.165) is 0 Å². The van der Waals surface area contributed by atoms with Gasteiger partial charge in [0, 0.05) is 0 Å². The molecule has 0 saturated carbocycles. The molecule has 0 bridgehead atoms. The molecule has 0 unspecified atom stereocenters. The summed E-state index contributed by atoms with van der Waals surface area (Å²) in [5, 5.41) is 0. The Kier molecular flexibility index (Phi) is 17.6. The van der Waals surface area contributed by atoms with Crippen LogP contribution in [0.1, 0.15) is 90.9 Å². The van der Waals surface area contributed by atoms with Crippen molar-refractivity contribution in [3.63, 3.8) is 0 Å².